The van der Waals surface area contributed by atoms with E-state index in [4.69, 9.17) is 0 Å². The maximum Gasteiger partial charge on any atom is 0.225 e. The van der Waals surface area contributed by atoms with Crippen LogP contribution in [0.25, 0.3) is 0 Å². The number of nitrogens with zero attached hydrogens (tertiary/aromatic N) is 1. The Kier molecular flexibility index (Phi) is 5.25. The van der Waals surface area contributed by atoms with Gasteiger partial charge in [-0.25, -0.2) is 4.39 Å². The summed E-state index contributed by atoms with van der Waals surface area (Å²) in [6.45, 7) is 0.945. The van der Waals surface area contributed by atoms with E-state index in [1.54, 1.807) is 28.4 Å². The molecule has 1 N–H and O–H groups in total. The van der Waals surface area contributed by atoms with Gasteiger partial charge in [0.05, 0.1) is 6.04 Å². The second-order valence-corrected chi connectivity index (χ2v) is 6.78. The highest BCUT2D eigenvalue weighted by molar-refractivity contribution is 7.07. The Hall–Kier alpha value is -2.21. The van der Waals surface area contributed by atoms with Gasteiger partial charge in [0.2, 0.25) is 11.8 Å². The van der Waals surface area contributed by atoms with E-state index in [0.29, 0.717) is 25.9 Å². The van der Waals surface area contributed by atoms with Gasteiger partial charge in [-0.05, 0) is 46.5 Å². The van der Waals surface area contributed by atoms with Crippen LogP contribution >= 0.6 is 11.3 Å². The van der Waals surface area contributed by atoms with Crippen LogP contribution in [0.1, 0.15) is 24.0 Å². The van der Waals surface area contributed by atoms with Gasteiger partial charge in [-0.3, -0.25) is 9.59 Å². The van der Waals surface area contributed by atoms with Gasteiger partial charge in [0, 0.05) is 25.9 Å². The van der Waals surface area contributed by atoms with Gasteiger partial charge in [0.1, 0.15) is 5.82 Å². The first kappa shape index (κ1) is 16.6. The molecule has 2 aromatic rings. The lowest BCUT2D eigenvalue weighted by atomic mass is 10.1. The van der Waals surface area contributed by atoms with Crippen LogP contribution in [0.15, 0.2) is 41.1 Å². The molecule has 24 heavy (non-hydrogen) atoms. The molecule has 1 unspecified atom stereocenters. The molecule has 2 heterocycles. The van der Waals surface area contributed by atoms with Gasteiger partial charge in [0.15, 0.2) is 0 Å². The Morgan fingerprint density at radius 3 is 2.75 bits per heavy atom. The molecule has 2 amide bonds. The topological polar surface area (TPSA) is 49.4 Å². The van der Waals surface area contributed by atoms with Crippen LogP contribution in [0, 0.1) is 5.82 Å². The average Bonchev–Trinajstić information content (AvgIpc) is 3.18. The fourth-order valence-electron chi connectivity index (χ4n) is 2.82. The number of likely N-dealkylation sites (tertiary alicyclic amines) is 1. The molecular weight excluding hydrogens is 327 g/mol. The van der Waals surface area contributed by atoms with Crippen molar-refractivity contribution < 1.29 is 14.0 Å². The molecule has 1 saturated heterocycles. The summed E-state index contributed by atoms with van der Waals surface area (Å²) < 4.78 is 12.9. The maximum atomic E-state index is 12.9. The minimum atomic E-state index is -0.290. The molecule has 0 saturated carbocycles. The number of benzene rings is 1. The van der Waals surface area contributed by atoms with E-state index < -0.39 is 0 Å². The molecule has 3 rings (SSSR count). The number of aryl methyl sites for hydroxylation is 1. The number of hydrogen-bond donors (Lipinski definition) is 1. The zero-order chi connectivity index (χ0) is 16.9. The van der Waals surface area contributed by atoms with Crippen LogP contribution in [0.2, 0.25) is 0 Å². The Morgan fingerprint density at radius 1 is 1.25 bits per heavy atom. The highest BCUT2D eigenvalue weighted by Gasteiger charge is 2.30. The predicted octanol–water partition coefficient (Wildman–Crippen LogP) is 2.74. The molecule has 1 aliphatic rings. The maximum absolute atomic E-state index is 12.9. The second kappa shape index (κ2) is 7.57. The minimum Gasteiger partial charge on any atom is -0.351 e. The molecule has 1 atom stereocenters. The molecule has 0 radical (unpaired) electrons. The Bertz CT molecular complexity index is 700. The summed E-state index contributed by atoms with van der Waals surface area (Å²) in [7, 11) is 0. The Balaban J connectivity index is 1.47. The number of halogens is 1. The smallest absolute Gasteiger partial charge is 0.225 e. The standard InChI is InChI=1S/C18H19FN2O2S/c19-15-4-1-13(2-5-15)10-21-11-16(9-18(21)23)20-17(22)6-3-14-7-8-24-12-14/h1-2,4-5,7-8,12,16H,3,6,9-11H2,(H,20,22). The van der Waals surface area contributed by atoms with E-state index in [1.807, 2.05) is 16.8 Å². The molecule has 0 spiro atoms. The normalized spacial score (nSPS) is 17.3. The van der Waals surface area contributed by atoms with Crippen molar-refractivity contribution in [2.24, 2.45) is 0 Å². The molecule has 4 nitrogen and oxygen atoms in total. The first-order chi connectivity index (χ1) is 11.6. The van der Waals surface area contributed by atoms with Crippen molar-refractivity contribution in [2.75, 3.05) is 6.54 Å². The van der Waals surface area contributed by atoms with E-state index in [0.717, 1.165) is 17.5 Å². The average molecular weight is 346 g/mol. The lowest BCUT2D eigenvalue weighted by molar-refractivity contribution is -0.128. The number of hydrogen-bond acceptors (Lipinski definition) is 3. The van der Waals surface area contributed by atoms with Crippen LogP contribution in [0.3, 0.4) is 0 Å². The van der Waals surface area contributed by atoms with E-state index >= 15 is 0 Å². The van der Waals surface area contributed by atoms with Crippen LogP contribution in [-0.4, -0.2) is 29.3 Å². The lowest BCUT2D eigenvalue weighted by Crippen LogP contribution is -2.37. The molecule has 0 bridgehead atoms. The Morgan fingerprint density at radius 2 is 2.04 bits per heavy atom. The fraction of sp³-hybridized carbons (Fsp3) is 0.333. The van der Waals surface area contributed by atoms with Crippen molar-refractivity contribution in [1.82, 2.24) is 10.2 Å². The third-order valence-electron chi connectivity index (χ3n) is 4.09. The zero-order valence-electron chi connectivity index (χ0n) is 13.2. The zero-order valence-corrected chi connectivity index (χ0v) is 14.0. The molecular formula is C18H19FN2O2S. The molecule has 1 aromatic carbocycles. The number of thiophene rings is 1. The van der Waals surface area contributed by atoms with Crippen LogP contribution in [-0.2, 0) is 22.6 Å². The van der Waals surface area contributed by atoms with E-state index in [2.05, 4.69) is 5.32 Å². The summed E-state index contributed by atoms with van der Waals surface area (Å²) in [4.78, 5) is 25.8. The van der Waals surface area contributed by atoms with Gasteiger partial charge < -0.3 is 10.2 Å². The number of rotatable bonds is 6. The third-order valence-corrected chi connectivity index (χ3v) is 4.82. The SMILES string of the molecule is O=C(CCc1ccsc1)NC1CC(=O)N(Cc2ccc(F)cc2)C1. The van der Waals surface area contributed by atoms with Crippen LogP contribution < -0.4 is 5.32 Å². The molecule has 0 aliphatic carbocycles. The van der Waals surface area contributed by atoms with Gasteiger partial charge in [-0.15, -0.1) is 0 Å². The number of carbonyl (C=O) groups is 2. The monoisotopic (exact) mass is 346 g/mol. The summed E-state index contributed by atoms with van der Waals surface area (Å²) in [5, 5.41) is 6.97. The van der Waals surface area contributed by atoms with Gasteiger partial charge in [-0.1, -0.05) is 12.1 Å². The third kappa shape index (κ3) is 4.41. The Labute approximate surface area is 144 Å². The molecule has 1 aliphatic heterocycles. The highest BCUT2D eigenvalue weighted by atomic mass is 32.1. The number of carbonyl (C=O) groups excluding carboxylic acids is 2. The minimum absolute atomic E-state index is 0.0162. The van der Waals surface area contributed by atoms with Gasteiger partial charge in [0.25, 0.3) is 0 Å². The summed E-state index contributed by atoms with van der Waals surface area (Å²) in [5.74, 6) is -0.299. The van der Waals surface area contributed by atoms with Crippen molar-refractivity contribution in [2.45, 2.75) is 31.8 Å². The second-order valence-electron chi connectivity index (χ2n) is 6.00. The van der Waals surface area contributed by atoms with Crippen LogP contribution in [0.4, 0.5) is 4.39 Å². The molecule has 1 fully saturated rings. The van der Waals surface area contributed by atoms with Crippen molar-refractivity contribution in [3.05, 3.63) is 58.0 Å². The van der Waals surface area contributed by atoms with E-state index in [1.165, 1.54) is 12.1 Å². The first-order valence-corrected chi connectivity index (χ1v) is 8.87. The quantitative estimate of drug-likeness (QED) is 0.874. The summed E-state index contributed by atoms with van der Waals surface area (Å²) in [6.07, 6.45) is 1.47. The highest BCUT2D eigenvalue weighted by Crippen LogP contribution is 2.16. The van der Waals surface area contributed by atoms with Gasteiger partial charge in [-0.2, -0.15) is 11.3 Å². The van der Waals surface area contributed by atoms with Crippen molar-refractivity contribution in [3.63, 3.8) is 0 Å². The summed E-state index contributed by atoms with van der Waals surface area (Å²) in [6, 6.07) is 8.00. The van der Waals surface area contributed by atoms with Gasteiger partial charge >= 0.3 is 0 Å². The molecule has 1 aromatic heterocycles. The number of nitrogens with one attached hydrogen (secondary N) is 1. The number of amides is 2. The van der Waals surface area contributed by atoms with E-state index in [9.17, 15) is 14.0 Å². The first-order valence-electron chi connectivity index (χ1n) is 7.93. The van der Waals surface area contributed by atoms with Crippen molar-refractivity contribution >= 4 is 23.2 Å². The summed E-state index contributed by atoms with van der Waals surface area (Å²) in [5.41, 5.74) is 2.05. The van der Waals surface area contributed by atoms with E-state index in [-0.39, 0.29) is 23.7 Å². The largest absolute Gasteiger partial charge is 0.351 e. The van der Waals surface area contributed by atoms with Crippen LogP contribution in [0.5, 0.6) is 0 Å². The molecule has 6 heteroatoms. The fourth-order valence-corrected chi connectivity index (χ4v) is 3.53. The lowest BCUT2D eigenvalue weighted by Gasteiger charge is -2.17. The summed E-state index contributed by atoms with van der Waals surface area (Å²) >= 11 is 1.62. The van der Waals surface area contributed by atoms with Crippen molar-refractivity contribution in [1.29, 1.82) is 0 Å². The van der Waals surface area contributed by atoms with Crippen molar-refractivity contribution in [3.8, 4) is 0 Å². The predicted molar refractivity (Wildman–Crippen MR) is 91.0 cm³/mol. The molecule has 126 valence electrons.